The van der Waals surface area contributed by atoms with Gasteiger partial charge in [0.25, 0.3) is 5.56 Å². The first kappa shape index (κ1) is 19.2. The highest BCUT2D eigenvalue weighted by Gasteiger charge is 2.49. The van der Waals surface area contributed by atoms with Gasteiger partial charge in [-0.3, -0.25) is 14.4 Å². The molecular formula is C20H25N5O4. The molecule has 1 aliphatic heterocycles. The molecule has 2 aromatic rings. The fourth-order valence-corrected chi connectivity index (χ4v) is 4.37. The van der Waals surface area contributed by atoms with Crippen LogP contribution in [0.25, 0.3) is 11.5 Å². The Hall–Kier alpha value is -3.10. The SMILES string of the molecule is CC1(C)C(=O)N[C@@H]2CCCC[C@H]2N1C(=O)Cn1nc(-c2ccco2)cc(N)c1=O. The molecule has 2 fully saturated rings. The van der Waals surface area contributed by atoms with Gasteiger partial charge in [0.05, 0.1) is 12.3 Å². The molecule has 9 nitrogen and oxygen atoms in total. The van der Waals surface area contributed by atoms with Crippen molar-refractivity contribution in [1.29, 1.82) is 0 Å². The van der Waals surface area contributed by atoms with Gasteiger partial charge >= 0.3 is 0 Å². The van der Waals surface area contributed by atoms with E-state index in [9.17, 15) is 14.4 Å². The lowest BCUT2D eigenvalue weighted by Crippen LogP contribution is -2.72. The van der Waals surface area contributed by atoms with Crippen LogP contribution in [-0.2, 0) is 16.1 Å². The molecule has 1 saturated heterocycles. The molecule has 4 rings (SSSR count). The van der Waals surface area contributed by atoms with Gasteiger partial charge in [0.1, 0.15) is 23.5 Å². The molecule has 0 bridgehead atoms. The molecule has 3 heterocycles. The number of amides is 2. The number of fused-ring (bicyclic) bond motifs is 1. The second kappa shape index (κ2) is 7.06. The Morgan fingerprint density at radius 3 is 2.83 bits per heavy atom. The van der Waals surface area contributed by atoms with Gasteiger partial charge in [-0.05, 0) is 44.9 Å². The highest BCUT2D eigenvalue weighted by molar-refractivity contribution is 5.92. The molecular weight excluding hydrogens is 374 g/mol. The standard InChI is InChI=1S/C20H25N5O4/c1-20(2)19(28)22-13-6-3-4-7-15(13)25(20)17(26)11-24-18(27)12(21)10-14(23-24)16-8-5-9-29-16/h5,8-10,13,15H,3-4,6-7,11,21H2,1-2H3,(H,22,28)/t13-,15-/m1/s1. The maximum absolute atomic E-state index is 13.3. The number of nitrogens with one attached hydrogen (secondary N) is 1. The van der Waals surface area contributed by atoms with Crippen molar-refractivity contribution in [3.8, 4) is 11.5 Å². The summed E-state index contributed by atoms with van der Waals surface area (Å²) >= 11 is 0. The van der Waals surface area contributed by atoms with Gasteiger partial charge in [-0.2, -0.15) is 5.10 Å². The van der Waals surface area contributed by atoms with Crippen LogP contribution >= 0.6 is 0 Å². The molecule has 29 heavy (non-hydrogen) atoms. The predicted octanol–water partition coefficient (Wildman–Crippen LogP) is 1.13. The van der Waals surface area contributed by atoms with E-state index in [0.717, 1.165) is 30.4 Å². The van der Waals surface area contributed by atoms with Crippen LogP contribution in [0.15, 0.2) is 33.7 Å². The first-order valence-corrected chi connectivity index (χ1v) is 9.83. The van der Waals surface area contributed by atoms with Crippen LogP contribution in [0.1, 0.15) is 39.5 Å². The molecule has 2 aliphatic rings. The van der Waals surface area contributed by atoms with Crippen molar-refractivity contribution in [1.82, 2.24) is 20.0 Å². The fraction of sp³-hybridized carbons (Fsp3) is 0.500. The zero-order valence-corrected chi connectivity index (χ0v) is 16.6. The van der Waals surface area contributed by atoms with E-state index in [1.54, 1.807) is 30.9 Å². The number of aromatic nitrogens is 2. The summed E-state index contributed by atoms with van der Waals surface area (Å²) in [5, 5.41) is 7.32. The normalized spacial score (nSPS) is 23.4. The minimum absolute atomic E-state index is 0.0228. The Kier molecular flexibility index (Phi) is 4.68. The quantitative estimate of drug-likeness (QED) is 0.798. The average molecular weight is 399 g/mol. The molecule has 2 atom stereocenters. The molecule has 2 aromatic heterocycles. The van der Waals surface area contributed by atoms with Crippen LogP contribution in [-0.4, -0.2) is 44.1 Å². The van der Waals surface area contributed by atoms with Crippen molar-refractivity contribution in [3.63, 3.8) is 0 Å². The van der Waals surface area contributed by atoms with Gasteiger partial charge in [-0.1, -0.05) is 12.8 Å². The number of nitrogens with two attached hydrogens (primary N) is 1. The predicted molar refractivity (Wildman–Crippen MR) is 106 cm³/mol. The molecule has 2 amide bonds. The van der Waals surface area contributed by atoms with Crippen LogP contribution in [0.2, 0.25) is 0 Å². The minimum Gasteiger partial charge on any atom is -0.463 e. The van der Waals surface area contributed by atoms with Crippen molar-refractivity contribution < 1.29 is 14.0 Å². The fourth-order valence-electron chi connectivity index (χ4n) is 4.37. The summed E-state index contributed by atoms with van der Waals surface area (Å²) < 4.78 is 6.38. The molecule has 1 saturated carbocycles. The maximum Gasteiger partial charge on any atom is 0.290 e. The Morgan fingerprint density at radius 1 is 1.34 bits per heavy atom. The zero-order chi connectivity index (χ0) is 20.8. The summed E-state index contributed by atoms with van der Waals surface area (Å²) in [6.45, 7) is 3.17. The summed E-state index contributed by atoms with van der Waals surface area (Å²) in [5.41, 5.74) is 4.64. The van der Waals surface area contributed by atoms with Crippen molar-refractivity contribution in [2.45, 2.75) is 63.7 Å². The molecule has 0 aromatic carbocycles. The van der Waals surface area contributed by atoms with E-state index >= 15 is 0 Å². The number of carbonyl (C=O) groups is 2. The third-order valence-electron chi connectivity index (χ3n) is 5.86. The van der Waals surface area contributed by atoms with Crippen LogP contribution < -0.4 is 16.6 Å². The number of hydrogen-bond acceptors (Lipinski definition) is 6. The Balaban J connectivity index is 1.67. The van der Waals surface area contributed by atoms with Gasteiger partial charge in [-0.15, -0.1) is 0 Å². The van der Waals surface area contributed by atoms with Gasteiger partial charge < -0.3 is 20.4 Å². The lowest BCUT2D eigenvalue weighted by molar-refractivity contribution is -0.158. The Labute approximate surface area is 167 Å². The van der Waals surface area contributed by atoms with E-state index < -0.39 is 11.1 Å². The van der Waals surface area contributed by atoms with E-state index in [0.29, 0.717) is 11.5 Å². The van der Waals surface area contributed by atoms with E-state index in [-0.39, 0.29) is 36.1 Å². The molecule has 9 heteroatoms. The smallest absolute Gasteiger partial charge is 0.290 e. The maximum atomic E-state index is 13.3. The van der Waals surface area contributed by atoms with Gasteiger partial charge in [0, 0.05) is 6.04 Å². The summed E-state index contributed by atoms with van der Waals surface area (Å²) in [6.07, 6.45) is 5.17. The van der Waals surface area contributed by atoms with Crippen molar-refractivity contribution in [3.05, 3.63) is 34.8 Å². The molecule has 154 valence electrons. The first-order valence-electron chi connectivity index (χ1n) is 9.83. The molecule has 3 N–H and O–H groups in total. The number of nitrogens with zero attached hydrogens (tertiary/aromatic N) is 3. The number of hydrogen-bond donors (Lipinski definition) is 2. The molecule has 0 spiro atoms. The number of rotatable bonds is 3. The van der Waals surface area contributed by atoms with Crippen LogP contribution in [0.3, 0.4) is 0 Å². The van der Waals surface area contributed by atoms with E-state index in [4.69, 9.17) is 10.2 Å². The van der Waals surface area contributed by atoms with Crippen LogP contribution in [0.4, 0.5) is 5.69 Å². The number of piperazine rings is 1. The third-order valence-corrected chi connectivity index (χ3v) is 5.86. The third kappa shape index (κ3) is 3.30. The first-order chi connectivity index (χ1) is 13.8. The Bertz CT molecular complexity index is 995. The van der Waals surface area contributed by atoms with Crippen molar-refractivity contribution in [2.24, 2.45) is 0 Å². The minimum atomic E-state index is -1.01. The number of anilines is 1. The van der Waals surface area contributed by atoms with Crippen molar-refractivity contribution >= 4 is 17.5 Å². The second-order valence-electron chi connectivity index (χ2n) is 8.18. The van der Waals surface area contributed by atoms with E-state index in [2.05, 4.69) is 10.4 Å². The summed E-state index contributed by atoms with van der Waals surface area (Å²) in [4.78, 5) is 40.1. The molecule has 0 unspecified atom stereocenters. The Morgan fingerprint density at radius 2 is 2.10 bits per heavy atom. The lowest BCUT2D eigenvalue weighted by atomic mass is 9.82. The van der Waals surface area contributed by atoms with E-state index in [1.807, 2.05) is 0 Å². The van der Waals surface area contributed by atoms with Crippen LogP contribution in [0, 0.1) is 0 Å². The van der Waals surface area contributed by atoms with Gasteiger partial charge in [0.2, 0.25) is 11.8 Å². The van der Waals surface area contributed by atoms with E-state index in [1.165, 1.54) is 12.3 Å². The lowest BCUT2D eigenvalue weighted by Gasteiger charge is -2.52. The summed E-state index contributed by atoms with van der Waals surface area (Å²) in [5.74, 6) is -0.0616. The highest BCUT2D eigenvalue weighted by atomic mass is 16.3. The highest BCUT2D eigenvalue weighted by Crippen LogP contribution is 2.33. The monoisotopic (exact) mass is 399 g/mol. The molecule has 0 radical (unpaired) electrons. The topological polar surface area (TPSA) is 123 Å². The van der Waals surface area contributed by atoms with Gasteiger partial charge in [0.15, 0.2) is 5.76 Å². The van der Waals surface area contributed by atoms with Gasteiger partial charge in [-0.25, -0.2) is 4.68 Å². The summed E-state index contributed by atoms with van der Waals surface area (Å²) in [7, 11) is 0. The molecule has 1 aliphatic carbocycles. The number of carbonyl (C=O) groups excluding carboxylic acids is 2. The number of furan rings is 1. The number of nitrogen functional groups attached to an aromatic ring is 1. The second-order valence-corrected chi connectivity index (χ2v) is 8.18. The van der Waals surface area contributed by atoms with Crippen molar-refractivity contribution in [2.75, 3.05) is 5.73 Å². The average Bonchev–Trinajstić information content (AvgIpc) is 3.20. The van der Waals surface area contributed by atoms with Crippen LogP contribution in [0.5, 0.6) is 0 Å². The summed E-state index contributed by atoms with van der Waals surface area (Å²) in [6, 6.07) is 4.68. The largest absolute Gasteiger partial charge is 0.463 e. The zero-order valence-electron chi connectivity index (χ0n) is 16.6.